The quantitative estimate of drug-likeness (QED) is 0.625. The van der Waals surface area contributed by atoms with Crippen LogP contribution < -0.4 is 20.1 Å². The number of rotatable bonds is 5. The number of nitrogens with zero attached hydrogens (tertiary/aromatic N) is 2. The van der Waals surface area contributed by atoms with Gasteiger partial charge in [0.05, 0.1) is 16.8 Å². The second-order valence-corrected chi connectivity index (χ2v) is 7.22. The molecule has 2 aromatic carbocycles. The van der Waals surface area contributed by atoms with E-state index >= 15 is 0 Å². The average Bonchev–Trinajstić information content (AvgIpc) is 3.09. The first-order chi connectivity index (χ1) is 14.1. The molecule has 0 fully saturated rings. The molecule has 3 amide bonds. The number of hydrogen-bond donors (Lipinski definition) is 2. The van der Waals surface area contributed by atoms with Gasteiger partial charge < -0.3 is 19.4 Å². The predicted octanol–water partition coefficient (Wildman–Crippen LogP) is 3.27. The fraction of sp³-hybridized carbons (Fsp3) is 0.250. The molecule has 29 heavy (non-hydrogen) atoms. The number of imide groups is 1. The number of nitrogens with one attached hydrogen (secondary N) is 2. The molecule has 3 aromatic rings. The van der Waals surface area contributed by atoms with Gasteiger partial charge in [-0.1, -0.05) is 23.9 Å². The monoisotopic (exact) mass is 412 g/mol. The fourth-order valence-corrected chi connectivity index (χ4v) is 3.92. The Kier molecular flexibility index (Phi) is 5.57. The zero-order valence-electron chi connectivity index (χ0n) is 15.8. The molecule has 0 bridgehead atoms. The minimum absolute atomic E-state index is 0.0812. The normalized spacial score (nSPS) is 12.6. The molecule has 2 N–H and O–H groups in total. The average molecular weight is 412 g/mol. The summed E-state index contributed by atoms with van der Waals surface area (Å²) in [7, 11) is 0. The molecule has 0 aliphatic carbocycles. The van der Waals surface area contributed by atoms with Gasteiger partial charge in [-0.2, -0.15) is 0 Å². The Morgan fingerprint density at radius 2 is 1.93 bits per heavy atom. The molecule has 4 rings (SSSR count). The van der Waals surface area contributed by atoms with Gasteiger partial charge in [-0.15, -0.1) is 0 Å². The highest BCUT2D eigenvalue weighted by atomic mass is 32.2. The van der Waals surface area contributed by atoms with Gasteiger partial charge in [0.25, 0.3) is 0 Å². The Morgan fingerprint density at radius 3 is 2.76 bits per heavy atom. The summed E-state index contributed by atoms with van der Waals surface area (Å²) in [5.41, 5.74) is 2.42. The fourth-order valence-electron chi connectivity index (χ4n) is 3.05. The van der Waals surface area contributed by atoms with E-state index in [1.54, 1.807) is 18.2 Å². The summed E-state index contributed by atoms with van der Waals surface area (Å²) in [4.78, 5) is 28.9. The van der Waals surface area contributed by atoms with Crippen molar-refractivity contribution in [2.24, 2.45) is 0 Å². The number of para-hydroxylation sites is 2. The van der Waals surface area contributed by atoms with E-state index in [2.05, 4.69) is 15.6 Å². The number of aryl methyl sites for hydroxylation is 1. The highest BCUT2D eigenvalue weighted by Crippen LogP contribution is 2.32. The van der Waals surface area contributed by atoms with Gasteiger partial charge in [0, 0.05) is 18.3 Å². The van der Waals surface area contributed by atoms with Crippen LogP contribution >= 0.6 is 11.8 Å². The first-order valence-electron chi connectivity index (χ1n) is 9.22. The number of aromatic nitrogens is 2. The zero-order chi connectivity index (χ0) is 20.2. The third-order valence-electron chi connectivity index (χ3n) is 4.32. The van der Waals surface area contributed by atoms with Crippen LogP contribution in [0.15, 0.2) is 47.6 Å². The summed E-state index contributed by atoms with van der Waals surface area (Å²) in [6, 6.07) is 12.3. The number of fused-ring (bicyclic) bond motifs is 2. The van der Waals surface area contributed by atoms with E-state index in [9.17, 15) is 9.59 Å². The molecule has 0 saturated heterocycles. The number of anilines is 1. The van der Waals surface area contributed by atoms with Crippen molar-refractivity contribution in [3.8, 4) is 11.5 Å². The SMILES string of the molecule is CCn1c(SCC(=O)NC(=O)Nc2ccc3c(c2)OCCO3)nc2ccccc21. The Bertz CT molecular complexity index is 1070. The lowest BCUT2D eigenvalue weighted by molar-refractivity contribution is -0.117. The standard InChI is InChI=1S/C20H20N4O4S/c1-2-24-15-6-4-3-5-14(15)22-20(24)29-12-18(25)23-19(26)21-13-7-8-16-17(11-13)28-10-9-27-16/h3-8,11H,2,9-10,12H2,1H3,(H2,21,23,25,26). The number of imidazole rings is 1. The van der Waals surface area contributed by atoms with Gasteiger partial charge >= 0.3 is 6.03 Å². The van der Waals surface area contributed by atoms with Gasteiger partial charge in [0.1, 0.15) is 13.2 Å². The summed E-state index contributed by atoms with van der Waals surface area (Å²) in [5, 5.41) is 5.71. The van der Waals surface area contributed by atoms with Crippen molar-refractivity contribution < 1.29 is 19.1 Å². The molecule has 0 unspecified atom stereocenters. The summed E-state index contributed by atoms with van der Waals surface area (Å²) >= 11 is 1.30. The molecule has 0 spiro atoms. The minimum Gasteiger partial charge on any atom is -0.486 e. The van der Waals surface area contributed by atoms with E-state index in [0.717, 1.165) is 22.7 Å². The van der Waals surface area contributed by atoms with E-state index in [1.165, 1.54) is 11.8 Å². The number of carbonyl (C=O) groups excluding carboxylic acids is 2. The van der Waals surface area contributed by atoms with Crippen LogP contribution in [0.1, 0.15) is 6.92 Å². The molecular formula is C20H20N4O4S. The van der Waals surface area contributed by atoms with Crippen molar-refractivity contribution >= 4 is 40.4 Å². The van der Waals surface area contributed by atoms with Crippen LogP contribution in [0, 0.1) is 0 Å². The number of hydrogen-bond acceptors (Lipinski definition) is 6. The molecule has 2 heterocycles. The third kappa shape index (κ3) is 4.29. The largest absolute Gasteiger partial charge is 0.486 e. The Hall–Kier alpha value is -3.20. The number of benzene rings is 2. The first-order valence-corrected chi connectivity index (χ1v) is 10.2. The van der Waals surface area contributed by atoms with Crippen LogP contribution in [-0.4, -0.2) is 40.5 Å². The van der Waals surface area contributed by atoms with Gasteiger partial charge in [-0.05, 0) is 31.2 Å². The second kappa shape index (κ2) is 8.44. The van der Waals surface area contributed by atoms with E-state index in [-0.39, 0.29) is 5.75 Å². The molecular weight excluding hydrogens is 392 g/mol. The molecule has 1 aliphatic heterocycles. The highest BCUT2D eigenvalue weighted by Gasteiger charge is 2.15. The van der Waals surface area contributed by atoms with E-state index in [0.29, 0.717) is 30.4 Å². The van der Waals surface area contributed by atoms with Crippen LogP contribution in [0.2, 0.25) is 0 Å². The maximum atomic E-state index is 12.2. The van der Waals surface area contributed by atoms with Gasteiger partial charge in [0.2, 0.25) is 5.91 Å². The predicted molar refractivity (Wildman–Crippen MR) is 111 cm³/mol. The summed E-state index contributed by atoms with van der Waals surface area (Å²) in [6.45, 7) is 3.73. The molecule has 1 aromatic heterocycles. The minimum atomic E-state index is -0.601. The molecule has 0 atom stereocenters. The Labute approximate surface area is 171 Å². The van der Waals surface area contributed by atoms with E-state index in [1.807, 2.05) is 35.8 Å². The lowest BCUT2D eigenvalue weighted by atomic mass is 10.2. The second-order valence-electron chi connectivity index (χ2n) is 6.28. The van der Waals surface area contributed by atoms with Crippen LogP contribution in [-0.2, 0) is 11.3 Å². The lowest BCUT2D eigenvalue weighted by Gasteiger charge is -2.19. The molecule has 1 aliphatic rings. The topological polar surface area (TPSA) is 94.5 Å². The zero-order valence-corrected chi connectivity index (χ0v) is 16.6. The Morgan fingerprint density at radius 1 is 1.14 bits per heavy atom. The van der Waals surface area contributed by atoms with Crippen LogP contribution in [0.4, 0.5) is 10.5 Å². The van der Waals surface area contributed by atoms with Crippen molar-refractivity contribution in [2.75, 3.05) is 24.3 Å². The van der Waals surface area contributed by atoms with E-state index < -0.39 is 11.9 Å². The summed E-state index contributed by atoms with van der Waals surface area (Å²) in [6.07, 6.45) is 0. The number of carbonyl (C=O) groups is 2. The maximum absolute atomic E-state index is 12.2. The van der Waals surface area contributed by atoms with Crippen LogP contribution in [0.3, 0.4) is 0 Å². The third-order valence-corrected chi connectivity index (χ3v) is 5.30. The summed E-state index contributed by atoms with van der Waals surface area (Å²) < 4.78 is 13.0. The molecule has 0 radical (unpaired) electrons. The van der Waals surface area contributed by atoms with Crippen molar-refractivity contribution in [3.05, 3.63) is 42.5 Å². The number of ether oxygens (including phenoxy) is 2. The molecule has 150 valence electrons. The molecule has 8 nitrogen and oxygen atoms in total. The smallest absolute Gasteiger partial charge is 0.325 e. The van der Waals surface area contributed by atoms with Crippen molar-refractivity contribution in [1.82, 2.24) is 14.9 Å². The Balaban J connectivity index is 1.33. The van der Waals surface area contributed by atoms with Crippen molar-refractivity contribution in [2.45, 2.75) is 18.6 Å². The maximum Gasteiger partial charge on any atom is 0.325 e. The molecule has 0 saturated carbocycles. The van der Waals surface area contributed by atoms with Crippen LogP contribution in [0.25, 0.3) is 11.0 Å². The van der Waals surface area contributed by atoms with Crippen molar-refractivity contribution in [3.63, 3.8) is 0 Å². The van der Waals surface area contributed by atoms with Crippen molar-refractivity contribution in [1.29, 1.82) is 0 Å². The summed E-state index contributed by atoms with van der Waals surface area (Å²) in [5.74, 6) is 0.875. The van der Waals surface area contributed by atoms with E-state index in [4.69, 9.17) is 9.47 Å². The number of thioether (sulfide) groups is 1. The van der Waals surface area contributed by atoms with Gasteiger partial charge in [0.15, 0.2) is 16.7 Å². The lowest BCUT2D eigenvalue weighted by Crippen LogP contribution is -2.35. The molecule has 9 heteroatoms. The number of urea groups is 1. The highest BCUT2D eigenvalue weighted by molar-refractivity contribution is 7.99. The van der Waals surface area contributed by atoms with Crippen LogP contribution in [0.5, 0.6) is 11.5 Å². The first kappa shape index (κ1) is 19.1. The number of amides is 3. The van der Waals surface area contributed by atoms with Gasteiger partial charge in [-0.3, -0.25) is 10.1 Å². The van der Waals surface area contributed by atoms with Gasteiger partial charge in [-0.25, -0.2) is 9.78 Å².